The number of esters is 1. The molecule has 1 aromatic carbocycles. The number of carbonyl (C=O) groups excluding carboxylic acids is 3. The Labute approximate surface area is 144 Å². The quantitative estimate of drug-likeness (QED) is 0.792. The van der Waals surface area contributed by atoms with E-state index in [0.717, 1.165) is 38.2 Å². The van der Waals surface area contributed by atoms with E-state index in [4.69, 9.17) is 9.47 Å². The predicted molar refractivity (Wildman–Crippen MR) is 86.8 cm³/mol. The van der Waals surface area contributed by atoms with Crippen molar-refractivity contribution in [3.8, 4) is 5.75 Å². The van der Waals surface area contributed by atoms with Crippen molar-refractivity contribution >= 4 is 17.9 Å². The normalized spacial score (nSPS) is 14.5. The molecule has 1 aromatic rings. The Kier molecular flexibility index (Phi) is 6.73. The van der Waals surface area contributed by atoms with Crippen molar-refractivity contribution in [2.24, 2.45) is 0 Å². The van der Waals surface area contributed by atoms with E-state index >= 15 is 0 Å². The second-order valence-corrected chi connectivity index (χ2v) is 5.78. The number of nitrogens with one attached hydrogen (secondary N) is 2. The van der Waals surface area contributed by atoms with Gasteiger partial charge in [0.25, 0.3) is 5.91 Å². The largest absolute Gasteiger partial charge is 0.494 e. The summed E-state index contributed by atoms with van der Waals surface area (Å²) in [5, 5.41) is 4.82. The molecule has 1 aliphatic carbocycles. The van der Waals surface area contributed by atoms with E-state index in [-0.39, 0.29) is 17.4 Å². The first-order chi connectivity index (χ1) is 12.0. The smallest absolute Gasteiger partial charge is 0.338 e. The lowest BCUT2D eigenvalue weighted by atomic mass is 9.96. The summed E-state index contributed by atoms with van der Waals surface area (Å²) in [6, 6.07) is 3.01. The maximum atomic E-state index is 13.5. The van der Waals surface area contributed by atoms with E-state index in [2.05, 4.69) is 10.6 Å². The van der Waals surface area contributed by atoms with Gasteiger partial charge >= 0.3 is 12.0 Å². The molecular weight excluding hydrogens is 331 g/mol. The molecule has 8 heteroatoms. The van der Waals surface area contributed by atoms with Crippen LogP contribution in [0.2, 0.25) is 0 Å². The zero-order valence-corrected chi connectivity index (χ0v) is 14.0. The molecule has 25 heavy (non-hydrogen) atoms. The molecule has 0 aromatic heterocycles. The molecule has 0 aliphatic heterocycles. The number of amides is 3. The van der Waals surface area contributed by atoms with Gasteiger partial charge < -0.3 is 14.8 Å². The van der Waals surface area contributed by atoms with Crippen molar-refractivity contribution in [3.63, 3.8) is 0 Å². The second-order valence-electron chi connectivity index (χ2n) is 5.78. The molecule has 0 heterocycles. The molecule has 1 fully saturated rings. The molecule has 1 aliphatic rings. The molecule has 2 N–H and O–H groups in total. The number of hydrogen-bond acceptors (Lipinski definition) is 5. The number of methoxy groups -OCH3 is 1. The topological polar surface area (TPSA) is 93.7 Å². The molecule has 0 unspecified atom stereocenters. The summed E-state index contributed by atoms with van der Waals surface area (Å²) in [5.41, 5.74) is -0.0576. The summed E-state index contributed by atoms with van der Waals surface area (Å²) in [4.78, 5) is 35.2. The maximum Gasteiger partial charge on any atom is 0.338 e. The van der Waals surface area contributed by atoms with Gasteiger partial charge in [-0.15, -0.1) is 0 Å². The van der Waals surface area contributed by atoms with Gasteiger partial charge in [0.15, 0.2) is 18.2 Å². The molecule has 0 saturated heterocycles. The third-order valence-corrected chi connectivity index (χ3v) is 3.92. The number of ether oxygens (including phenoxy) is 2. The van der Waals surface area contributed by atoms with Crippen LogP contribution in [0.1, 0.15) is 42.5 Å². The molecule has 0 radical (unpaired) electrons. The molecule has 136 valence electrons. The molecule has 3 amide bonds. The first-order valence-corrected chi connectivity index (χ1v) is 8.10. The highest BCUT2D eigenvalue weighted by Crippen LogP contribution is 2.18. The molecule has 1 saturated carbocycles. The molecule has 0 bridgehead atoms. The zero-order chi connectivity index (χ0) is 18.2. The van der Waals surface area contributed by atoms with E-state index in [1.54, 1.807) is 0 Å². The van der Waals surface area contributed by atoms with Crippen LogP contribution in [0.4, 0.5) is 9.18 Å². The SMILES string of the molecule is COc1ccc(C(=O)OCC(=O)NC(=O)NC2CCCCC2)cc1F. The summed E-state index contributed by atoms with van der Waals surface area (Å²) < 4.78 is 23.1. The number of benzene rings is 1. The van der Waals surface area contributed by atoms with Gasteiger partial charge in [-0.1, -0.05) is 19.3 Å². The highest BCUT2D eigenvalue weighted by atomic mass is 19.1. The van der Waals surface area contributed by atoms with Gasteiger partial charge in [-0.25, -0.2) is 14.0 Å². The Hall–Kier alpha value is -2.64. The standard InChI is InChI=1S/C17H21FN2O5/c1-24-14-8-7-11(9-13(14)18)16(22)25-10-15(21)20-17(23)19-12-5-3-2-4-6-12/h7-9,12H,2-6,10H2,1H3,(H2,19,20,21,23). The van der Waals surface area contributed by atoms with Crippen LogP contribution in [0.3, 0.4) is 0 Å². The van der Waals surface area contributed by atoms with Crippen LogP contribution in [0.25, 0.3) is 0 Å². The number of rotatable bonds is 5. The van der Waals surface area contributed by atoms with Gasteiger partial charge in [0.05, 0.1) is 12.7 Å². The Morgan fingerprint density at radius 3 is 2.56 bits per heavy atom. The minimum Gasteiger partial charge on any atom is -0.494 e. The van der Waals surface area contributed by atoms with Crippen LogP contribution in [0, 0.1) is 5.82 Å². The van der Waals surface area contributed by atoms with Crippen LogP contribution >= 0.6 is 0 Å². The van der Waals surface area contributed by atoms with E-state index in [1.807, 2.05) is 0 Å². The van der Waals surface area contributed by atoms with Crippen molar-refractivity contribution in [3.05, 3.63) is 29.6 Å². The Morgan fingerprint density at radius 1 is 1.20 bits per heavy atom. The zero-order valence-electron chi connectivity index (χ0n) is 14.0. The van der Waals surface area contributed by atoms with Gasteiger partial charge in [0, 0.05) is 6.04 Å². The molecule has 0 spiro atoms. The van der Waals surface area contributed by atoms with Crippen molar-refractivity contribution in [2.45, 2.75) is 38.1 Å². The van der Waals surface area contributed by atoms with Gasteiger partial charge in [-0.3, -0.25) is 10.1 Å². The van der Waals surface area contributed by atoms with Crippen LogP contribution < -0.4 is 15.4 Å². The van der Waals surface area contributed by atoms with Crippen molar-refractivity contribution in [1.29, 1.82) is 0 Å². The van der Waals surface area contributed by atoms with Crippen molar-refractivity contribution in [1.82, 2.24) is 10.6 Å². The summed E-state index contributed by atoms with van der Waals surface area (Å²) in [7, 11) is 1.30. The maximum absolute atomic E-state index is 13.5. The average Bonchev–Trinajstić information content (AvgIpc) is 2.60. The number of hydrogen-bond donors (Lipinski definition) is 2. The average molecular weight is 352 g/mol. The molecule has 7 nitrogen and oxygen atoms in total. The Morgan fingerprint density at radius 2 is 1.92 bits per heavy atom. The lowest BCUT2D eigenvalue weighted by molar-refractivity contribution is -0.123. The lowest BCUT2D eigenvalue weighted by Crippen LogP contribution is -2.46. The summed E-state index contributed by atoms with van der Waals surface area (Å²) in [6.45, 7) is -0.634. The van der Waals surface area contributed by atoms with Crippen LogP contribution in [0.5, 0.6) is 5.75 Å². The van der Waals surface area contributed by atoms with Gasteiger partial charge in [0.1, 0.15) is 0 Å². The van der Waals surface area contributed by atoms with E-state index in [9.17, 15) is 18.8 Å². The highest BCUT2D eigenvalue weighted by molar-refractivity contribution is 5.97. The first-order valence-electron chi connectivity index (χ1n) is 8.10. The van der Waals surface area contributed by atoms with E-state index in [1.165, 1.54) is 19.2 Å². The summed E-state index contributed by atoms with van der Waals surface area (Å²) in [6.07, 6.45) is 5.03. The first kappa shape index (κ1) is 18.7. The Bertz CT molecular complexity index is 644. The van der Waals surface area contributed by atoms with Crippen LogP contribution in [0.15, 0.2) is 18.2 Å². The highest BCUT2D eigenvalue weighted by Gasteiger charge is 2.18. The molecule has 0 atom stereocenters. The summed E-state index contributed by atoms with van der Waals surface area (Å²) in [5.74, 6) is -2.35. The van der Waals surface area contributed by atoms with Gasteiger partial charge in [-0.2, -0.15) is 0 Å². The summed E-state index contributed by atoms with van der Waals surface area (Å²) >= 11 is 0. The number of halogens is 1. The van der Waals surface area contributed by atoms with Crippen LogP contribution in [-0.4, -0.2) is 37.7 Å². The molecular formula is C17H21FN2O5. The lowest BCUT2D eigenvalue weighted by Gasteiger charge is -2.22. The second kappa shape index (κ2) is 9.00. The molecule has 2 rings (SSSR count). The van der Waals surface area contributed by atoms with Gasteiger partial charge in [0.2, 0.25) is 0 Å². The van der Waals surface area contributed by atoms with E-state index < -0.39 is 30.3 Å². The monoisotopic (exact) mass is 352 g/mol. The third-order valence-electron chi connectivity index (χ3n) is 3.92. The minimum atomic E-state index is -0.871. The fourth-order valence-corrected chi connectivity index (χ4v) is 2.64. The third kappa shape index (κ3) is 5.74. The van der Waals surface area contributed by atoms with Crippen molar-refractivity contribution in [2.75, 3.05) is 13.7 Å². The number of urea groups is 1. The van der Waals surface area contributed by atoms with Crippen LogP contribution in [-0.2, 0) is 9.53 Å². The predicted octanol–water partition coefficient (Wildman–Crippen LogP) is 2.15. The van der Waals surface area contributed by atoms with E-state index in [0.29, 0.717) is 0 Å². The fraction of sp³-hybridized carbons (Fsp3) is 0.471. The number of imide groups is 1. The minimum absolute atomic E-state index is 0.00585. The number of carbonyl (C=O) groups is 3. The van der Waals surface area contributed by atoms with Gasteiger partial charge in [-0.05, 0) is 31.0 Å². The fourth-order valence-electron chi connectivity index (χ4n) is 2.64. The van der Waals surface area contributed by atoms with Crippen molar-refractivity contribution < 1.29 is 28.2 Å². The Balaban J connectivity index is 1.76.